The third-order valence-electron chi connectivity index (χ3n) is 3.13. The molecule has 0 aromatic rings. The summed E-state index contributed by atoms with van der Waals surface area (Å²) in [5.41, 5.74) is 5.71. The van der Waals surface area contributed by atoms with Crippen LogP contribution in [0.2, 0.25) is 0 Å². The van der Waals surface area contributed by atoms with Crippen molar-refractivity contribution in [3.63, 3.8) is 0 Å². The van der Waals surface area contributed by atoms with Crippen LogP contribution in [0.5, 0.6) is 0 Å². The molecule has 0 amide bonds. The van der Waals surface area contributed by atoms with Crippen molar-refractivity contribution in [1.82, 2.24) is 10.2 Å². The Morgan fingerprint density at radius 2 is 2.33 bits per heavy atom. The van der Waals surface area contributed by atoms with Gasteiger partial charge in [0.2, 0.25) is 0 Å². The van der Waals surface area contributed by atoms with Crippen LogP contribution >= 0.6 is 0 Å². The fraction of sp³-hybridized carbons (Fsp3) is 0.700. The molecule has 0 aliphatic carbocycles. The molecular formula is C10H18N4O. The van der Waals surface area contributed by atoms with Crippen LogP contribution in [0.15, 0.2) is 11.9 Å². The van der Waals surface area contributed by atoms with Crippen LogP contribution in [0.1, 0.15) is 6.42 Å². The van der Waals surface area contributed by atoms with Crippen molar-refractivity contribution < 1.29 is 4.74 Å². The lowest BCUT2D eigenvalue weighted by molar-refractivity contribution is 0.0139. The van der Waals surface area contributed by atoms with Crippen molar-refractivity contribution in [2.45, 2.75) is 6.42 Å². The minimum absolute atomic E-state index is 0.0861. The zero-order chi connectivity index (χ0) is 10.9. The summed E-state index contributed by atoms with van der Waals surface area (Å²) >= 11 is 0. The minimum atomic E-state index is 0.0861. The number of rotatable bonds is 3. The predicted molar refractivity (Wildman–Crippen MR) is 58.5 cm³/mol. The van der Waals surface area contributed by atoms with Crippen molar-refractivity contribution in [1.29, 1.82) is 5.41 Å². The Kier molecular flexibility index (Phi) is 2.56. The van der Waals surface area contributed by atoms with E-state index < -0.39 is 0 Å². The quantitative estimate of drug-likeness (QED) is 0.442. The maximum absolute atomic E-state index is 7.23. The van der Waals surface area contributed by atoms with E-state index in [9.17, 15) is 0 Å². The fourth-order valence-electron chi connectivity index (χ4n) is 2.30. The molecule has 0 atom stereocenters. The van der Waals surface area contributed by atoms with E-state index in [4.69, 9.17) is 15.9 Å². The highest BCUT2D eigenvalue weighted by Crippen LogP contribution is 2.39. The van der Waals surface area contributed by atoms with Gasteiger partial charge in [0.25, 0.3) is 0 Å². The van der Waals surface area contributed by atoms with Crippen LogP contribution in [0.3, 0.4) is 0 Å². The van der Waals surface area contributed by atoms with Crippen LogP contribution < -0.4 is 11.1 Å². The summed E-state index contributed by atoms with van der Waals surface area (Å²) in [7, 11) is 1.85. The van der Waals surface area contributed by atoms with Gasteiger partial charge in [0.1, 0.15) is 11.7 Å². The number of hydrogen-bond donors (Lipinski definition) is 3. The van der Waals surface area contributed by atoms with Crippen LogP contribution in [0.25, 0.3) is 0 Å². The molecule has 4 N–H and O–H groups in total. The molecule has 15 heavy (non-hydrogen) atoms. The van der Waals surface area contributed by atoms with Crippen LogP contribution in [0, 0.1) is 10.8 Å². The Bertz CT molecular complexity index is 286. The van der Waals surface area contributed by atoms with Crippen LogP contribution in [-0.4, -0.2) is 44.1 Å². The average Bonchev–Trinajstić information content (AvgIpc) is 2.60. The first-order valence-electron chi connectivity index (χ1n) is 5.21. The molecule has 0 aromatic carbocycles. The zero-order valence-corrected chi connectivity index (χ0v) is 9.05. The number of ether oxygens (including phenoxy) is 1. The molecular weight excluding hydrogens is 192 g/mol. The predicted octanol–water partition coefficient (Wildman–Crippen LogP) is -0.295. The molecule has 5 nitrogen and oxygen atoms in total. The minimum Gasteiger partial charge on any atom is -0.384 e. The topological polar surface area (TPSA) is 74.4 Å². The molecule has 2 aliphatic heterocycles. The van der Waals surface area contributed by atoms with Crippen LogP contribution in [-0.2, 0) is 4.74 Å². The first kappa shape index (κ1) is 10.3. The zero-order valence-electron chi connectivity index (χ0n) is 9.05. The average molecular weight is 210 g/mol. The first-order chi connectivity index (χ1) is 7.15. The van der Waals surface area contributed by atoms with Crippen molar-refractivity contribution in [2.24, 2.45) is 11.1 Å². The van der Waals surface area contributed by atoms with E-state index >= 15 is 0 Å². The van der Waals surface area contributed by atoms with E-state index in [-0.39, 0.29) is 5.84 Å². The number of nitrogens with one attached hydrogen (secondary N) is 2. The largest absolute Gasteiger partial charge is 0.384 e. The summed E-state index contributed by atoms with van der Waals surface area (Å²) in [5.74, 6) is 1.02. The highest BCUT2D eigenvalue weighted by Gasteiger charge is 2.46. The molecule has 1 spiro atoms. The SMILES string of the molecule is CN/C(=C\C(=N)N)N1CC2(CCOC2)C1. The third-order valence-corrected chi connectivity index (χ3v) is 3.13. The molecule has 5 heteroatoms. The Labute approximate surface area is 89.8 Å². The monoisotopic (exact) mass is 210 g/mol. The summed E-state index contributed by atoms with van der Waals surface area (Å²) in [6, 6.07) is 0. The van der Waals surface area contributed by atoms with E-state index in [0.29, 0.717) is 5.41 Å². The molecule has 0 aromatic heterocycles. The van der Waals surface area contributed by atoms with Gasteiger partial charge in [-0.1, -0.05) is 0 Å². The van der Waals surface area contributed by atoms with Gasteiger partial charge in [-0.05, 0) is 6.42 Å². The molecule has 2 aliphatic rings. The maximum atomic E-state index is 7.23. The van der Waals surface area contributed by atoms with Gasteiger partial charge in [0.05, 0.1) is 6.61 Å². The lowest BCUT2D eigenvalue weighted by Gasteiger charge is -2.49. The van der Waals surface area contributed by atoms with Crippen molar-refractivity contribution in [3.8, 4) is 0 Å². The van der Waals surface area contributed by atoms with Crippen LogP contribution in [0.4, 0.5) is 0 Å². The Balaban J connectivity index is 1.94. The number of nitrogens with zero attached hydrogens (tertiary/aromatic N) is 1. The van der Waals surface area contributed by atoms with E-state index in [1.54, 1.807) is 6.08 Å². The van der Waals surface area contributed by atoms with Gasteiger partial charge >= 0.3 is 0 Å². The summed E-state index contributed by atoms with van der Waals surface area (Å²) < 4.78 is 5.41. The number of nitrogens with two attached hydrogens (primary N) is 1. The molecule has 2 fully saturated rings. The lowest BCUT2D eigenvalue weighted by atomic mass is 9.79. The Morgan fingerprint density at radius 3 is 2.80 bits per heavy atom. The van der Waals surface area contributed by atoms with Gasteiger partial charge in [-0.25, -0.2) is 0 Å². The normalized spacial score (nSPS) is 24.1. The summed E-state index contributed by atoms with van der Waals surface area (Å²) in [6.07, 6.45) is 2.81. The fourth-order valence-corrected chi connectivity index (χ4v) is 2.30. The van der Waals surface area contributed by atoms with Gasteiger partial charge in [0, 0.05) is 38.2 Å². The number of likely N-dealkylation sites (tertiary alicyclic amines) is 1. The molecule has 84 valence electrons. The lowest BCUT2D eigenvalue weighted by Crippen LogP contribution is -2.57. The van der Waals surface area contributed by atoms with Crippen molar-refractivity contribution >= 4 is 5.84 Å². The highest BCUT2D eigenvalue weighted by atomic mass is 16.5. The standard InChI is InChI=1S/C10H18N4O/c1-13-9(4-8(11)12)14-5-10(6-14)2-3-15-7-10/h4,13H,2-3,5-7H2,1H3,(H3,11,12)/b9-4+. The molecule has 2 heterocycles. The van der Waals surface area contributed by atoms with E-state index in [2.05, 4.69) is 10.2 Å². The van der Waals surface area contributed by atoms with Gasteiger partial charge in [-0.15, -0.1) is 0 Å². The number of hydrogen-bond acceptors (Lipinski definition) is 4. The van der Waals surface area contributed by atoms with Gasteiger partial charge in [-0.2, -0.15) is 0 Å². The number of amidine groups is 1. The van der Waals surface area contributed by atoms with Gasteiger partial charge < -0.3 is 20.7 Å². The second kappa shape index (κ2) is 3.73. The molecule has 0 bridgehead atoms. The van der Waals surface area contributed by atoms with E-state index in [0.717, 1.165) is 38.5 Å². The maximum Gasteiger partial charge on any atom is 0.118 e. The smallest absolute Gasteiger partial charge is 0.118 e. The highest BCUT2D eigenvalue weighted by molar-refractivity contribution is 5.88. The molecule has 2 rings (SSSR count). The molecule has 0 unspecified atom stereocenters. The summed E-state index contributed by atoms with van der Waals surface area (Å²) in [5, 5.41) is 10.3. The van der Waals surface area contributed by atoms with Crippen molar-refractivity contribution in [2.75, 3.05) is 33.4 Å². The first-order valence-corrected chi connectivity index (χ1v) is 5.21. The Morgan fingerprint density at radius 1 is 1.60 bits per heavy atom. The van der Waals surface area contributed by atoms with Gasteiger partial charge in [0.15, 0.2) is 0 Å². The molecule has 0 radical (unpaired) electrons. The summed E-state index contributed by atoms with van der Waals surface area (Å²) in [6.45, 7) is 3.78. The van der Waals surface area contributed by atoms with E-state index in [1.807, 2.05) is 7.05 Å². The second-order valence-corrected chi connectivity index (χ2v) is 4.39. The van der Waals surface area contributed by atoms with E-state index in [1.165, 1.54) is 0 Å². The molecule has 0 saturated carbocycles. The van der Waals surface area contributed by atoms with Gasteiger partial charge in [-0.3, -0.25) is 5.41 Å². The Hall–Kier alpha value is -1.23. The van der Waals surface area contributed by atoms with Crippen molar-refractivity contribution in [3.05, 3.63) is 11.9 Å². The third kappa shape index (κ3) is 1.92. The summed E-state index contributed by atoms with van der Waals surface area (Å²) in [4.78, 5) is 2.20. The second-order valence-electron chi connectivity index (χ2n) is 4.39. The molecule has 2 saturated heterocycles.